The summed E-state index contributed by atoms with van der Waals surface area (Å²) in [7, 11) is -3.47. The summed E-state index contributed by atoms with van der Waals surface area (Å²) in [4.78, 5) is 6.81. The van der Waals surface area contributed by atoms with Crippen molar-refractivity contribution in [2.24, 2.45) is 5.92 Å². The first kappa shape index (κ1) is 12.5. The fourth-order valence-corrected chi connectivity index (χ4v) is 3.17. The van der Waals surface area contributed by atoms with E-state index in [9.17, 15) is 8.42 Å². The molecule has 1 aromatic heterocycles. The van der Waals surface area contributed by atoms with E-state index in [4.69, 9.17) is 0 Å². The van der Waals surface area contributed by atoms with Crippen LogP contribution in [0.4, 0.5) is 0 Å². The molecule has 0 spiro atoms. The van der Waals surface area contributed by atoms with Gasteiger partial charge in [0, 0.05) is 19.0 Å². The maximum atomic E-state index is 12.1. The molecule has 0 radical (unpaired) electrons. The lowest BCUT2D eigenvalue weighted by molar-refractivity contribution is 0.501. The van der Waals surface area contributed by atoms with Gasteiger partial charge in [0.05, 0.1) is 6.20 Å². The van der Waals surface area contributed by atoms with Gasteiger partial charge in [0.15, 0.2) is 5.03 Å². The smallest absolute Gasteiger partial charge is 0.257 e. The molecule has 0 aromatic carbocycles. The number of nitrogens with one attached hydrogen (secondary N) is 3. The van der Waals surface area contributed by atoms with E-state index >= 15 is 0 Å². The Kier molecular flexibility index (Phi) is 3.50. The highest BCUT2D eigenvalue weighted by atomic mass is 32.2. The summed E-state index contributed by atoms with van der Waals surface area (Å²) in [6, 6.07) is -0.0478. The first-order chi connectivity index (χ1) is 8.03. The molecule has 1 aliphatic heterocycles. The molecule has 2 atom stereocenters. The van der Waals surface area contributed by atoms with Gasteiger partial charge in [-0.05, 0) is 12.5 Å². The van der Waals surface area contributed by atoms with Crippen molar-refractivity contribution >= 4 is 10.0 Å². The molecule has 6 nitrogen and oxygen atoms in total. The summed E-state index contributed by atoms with van der Waals surface area (Å²) in [5.41, 5.74) is 0. The number of imidazole rings is 1. The summed E-state index contributed by atoms with van der Waals surface area (Å²) in [5.74, 6) is 0.987. The van der Waals surface area contributed by atoms with Gasteiger partial charge in [0.25, 0.3) is 10.0 Å². The van der Waals surface area contributed by atoms with Crippen LogP contribution in [0.2, 0.25) is 0 Å². The highest BCUT2D eigenvalue weighted by molar-refractivity contribution is 7.89. The minimum absolute atomic E-state index is 0.0478. The normalized spacial score (nSPS) is 25.3. The van der Waals surface area contributed by atoms with Gasteiger partial charge < -0.3 is 10.3 Å². The summed E-state index contributed by atoms with van der Waals surface area (Å²) in [6.07, 6.45) is 2.06. The lowest BCUT2D eigenvalue weighted by atomic mass is 10.1. The molecule has 1 aliphatic rings. The van der Waals surface area contributed by atoms with Gasteiger partial charge in [-0.3, -0.25) is 0 Å². The third kappa shape index (κ3) is 2.67. The number of nitrogens with zero attached hydrogens (tertiary/aromatic N) is 1. The molecule has 0 aliphatic carbocycles. The van der Waals surface area contributed by atoms with Gasteiger partial charge >= 0.3 is 0 Å². The van der Waals surface area contributed by atoms with Crippen LogP contribution in [0.5, 0.6) is 0 Å². The molecule has 2 heterocycles. The van der Waals surface area contributed by atoms with E-state index in [1.165, 1.54) is 6.20 Å². The molecule has 2 unspecified atom stereocenters. The van der Waals surface area contributed by atoms with Crippen molar-refractivity contribution in [1.82, 2.24) is 20.0 Å². The summed E-state index contributed by atoms with van der Waals surface area (Å²) < 4.78 is 26.8. The Labute approximate surface area is 101 Å². The molecule has 1 fully saturated rings. The Balaban J connectivity index is 2.13. The number of aromatic nitrogens is 2. The minimum Gasteiger partial charge on any atom is -0.332 e. The Bertz CT molecular complexity index is 482. The average Bonchev–Trinajstić information content (AvgIpc) is 2.88. The van der Waals surface area contributed by atoms with Crippen LogP contribution in [-0.2, 0) is 16.4 Å². The van der Waals surface area contributed by atoms with Crippen molar-refractivity contribution in [3.05, 3.63) is 12.0 Å². The third-order valence-electron chi connectivity index (χ3n) is 3.05. The van der Waals surface area contributed by atoms with Crippen LogP contribution in [0.3, 0.4) is 0 Å². The van der Waals surface area contributed by atoms with Crippen LogP contribution in [0.1, 0.15) is 19.7 Å². The van der Waals surface area contributed by atoms with Gasteiger partial charge in [0.1, 0.15) is 5.82 Å². The zero-order chi connectivity index (χ0) is 12.5. The van der Waals surface area contributed by atoms with Crippen molar-refractivity contribution in [3.63, 3.8) is 0 Å². The number of aromatic amines is 1. The van der Waals surface area contributed by atoms with Crippen LogP contribution >= 0.6 is 0 Å². The molecule has 3 N–H and O–H groups in total. The molecule has 96 valence electrons. The fourth-order valence-electron chi connectivity index (χ4n) is 1.89. The van der Waals surface area contributed by atoms with E-state index in [0.717, 1.165) is 6.54 Å². The quantitative estimate of drug-likeness (QED) is 0.701. The molecular formula is C10H18N4O2S. The summed E-state index contributed by atoms with van der Waals surface area (Å²) in [5, 5.41) is 3.31. The molecule has 2 rings (SSSR count). The van der Waals surface area contributed by atoms with Crippen molar-refractivity contribution in [1.29, 1.82) is 0 Å². The zero-order valence-corrected chi connectivity index (χ0v) is 10.8. The lowest BCUT2D eigenvalue weighted by Crippen LogP contribution is -2.39. The van der Waals surface area contributed by atoms with E-state index in [0.29, 0.717) is 24.7 Å². The Morgan fingerprint density at radius 1 is 1.53 bits per heavy atom. The fraction of sp³-hybridized carbons (Fsp3) is 0.700. The van der Waals surface area contributed by atoms with E-state index < -0.39 is 10.0 Å². The maximum absolute atomic E-state index is 12.1. The molecule has 0 saturated carbocycles. The first-order valence-electron chi connectivity index (χ1n) is 5.80. The molecule has 1 aromatic rings. The average molecular weight is 258 g/mol. The number of rotatable bonds is 4. The third-order valence-corrected chi connectivity index (χ3v) is 4.45. The van der Waals surface area contributed by atoms with Gasteiger partial charge in [-0.2, -0.15) is 0 Å². The predicted molar refractivity (Wildman–Crippen MR) is 64.1 cm³/mol. The number of hydrogen-bond acceptors (Lipinski definition) is 4. The molecule has 17 heavy (non-hydrogen) atoms. The second kappa shape index (κ2) is 4.75. The van der Waals surface area contributed by atoms with E-state index in [-0.39, 0.29) is 11.1 Å². The van der Waals surface area contributed by atoms with Crippen LogP contribution in [-0.4, -0.2) is 37.5 Å². The first-order valence-corrected chi connectivity index (χ1v) is 7.28. The Morgan fingerprint density at radius 2 is 2.29 bits per heavy atom. The highest BCUT2D eigenvalue weighted by Crippen LogP contribution is 2.12. The number of aryl methyl sites for hydroxylation is 1. The Hall–Kier alpha value is -0.920. The van der Waals surface area contributed by atoms with E-state index in [1.54, 1.807) is 0 Å². The molecule has 7 heteroatoms. The van der Waals surface area contributed by atoms with Gasteiger partial charge in [-0.1, -0.05) is 13.8 Å². The summed E-state index contributed by atoms with van der Waals surface area (Å²) >= 11 is 0. The predicted octanol–water partition coefficient (Wildman–Crippen LogP) is -0.142. The summed E-state index contributed by atoms with van der Waals surface area (Å²) in [6.45, 7) is 5.47. The van der Waals surface area contributed by atoms with Crippen molar-refractivity contribution < 1.29 is 8.42 Å². The number of sulfonamides is 1. The number of H-pyrrole nitrogens is 1. The van der Waals surface area contributed by atoms with Crippen LogP contribution in [0.15, 0.2) is 11.2 Å². The van der Waals surface area contributed by atoms with E-state index in [2.05, 4.69) is 20.0 Å². The molecule has 0 amide bonds. The standard InChI is InChI=1S/C10H18N4O2S/c1-3-9-12-6-10(13-9)17(15,16)14-8-5-11-4-7(8)2/h6-8,11,14H,3-5H2,1-2H3,(H,12,13). The maximum Gasteiger partial charge on any atom is 0.257 e. The topological polar surface area (TPSA) is 86.9 Å². The molecule has 1 saturated heterocycles. The monoisotopic (exact) mass is 258 g/mol. The van der Waals surface area contributed by atoms with Crippen LogP contribution in [0, 0.1) is 5.92 Å². The van der Waals surface area contributed by atoms with Crippen LogP contribution in [0.25, 0.3) is 0 Å². The van der Waals surface area contributed by atoms with Crippen molar-refractivity contribution in [2.45, 2.75) is 31.3 Å². The van der Waals surface area contributed by atoms with Crippen molar-refractivity contribution in [2.75, 3.05) is 13.1 Å². The number of hydrogen-bond donors (Lipinski definition) is 3. The van der Waals surface area contributed by atoms with E-state index in [1.807, 2.05) is 13.8 Å². The van der Waals surface area contributed by atoms with Gasteiger partial charge in [-0.25, -0.2) is 18.1 Å². The second-order valence-electron chi connectivity index (χ2n) is 4.41. The van der Waals surface area contributed by atoms with Crippen molar-refractivity contribution in [3.8, 4) is 0 Å². The lowest BCUT2D eigenvalue weighted by Gasteiger charge is -2.15. The largest absolute Gasteiger partial charge is 0.332 e. The second-order valence-corrected chi connectivity index (χ2v) is 6.09. The zero-order valence-electron chi connectivity index (χ0n) is 10.0. The van der Waals surface area contributed by atoms with Crippen LogP contribution < -0.4 is 10.0 Å². The van der Waals surface area contributed by atoms with Gasteiger partial charge in [-0.15, -0.1) is 0 Å². The Morgan fingerprint density at radius 3 is 2.82 bits per heavy atom. The minimum atomic E-state index is -3.47. The molecule has 0 bridgehead atoms. The highest BCUT2D eigenvalue weighted by Gasteiger charge is 2.28. The molecular weight excluding hydrogens is 240 g/mol. The van der Waals surface area contributed by atoms with Gasteiger partial charge in [0.2, 0.25) is 0 Å². The SMILES string of the molecule is CCc1ncc(S(=O)(=O)NC2CNCC2C)[nH]1.